The number of nitrogens with zero attached hydrogens (tertiary/aromatic N) is 2. The van der Waals surface area contributed by atoms with E-state index in [0.29, 0.717) is 53.9 Å². The molecule has 2 aliphatic rings. The second-order valence-electron chi connectivity index (χ2n) is 12.0. The number of piperidine rings is 1. The summed E-state index contributed by atoms with van der Waals surface area (Å²) in [6.07, 6.45) is 2.90. The molecule has 1 fully saturated rings. The van der Waals surface area contributed by atoms with Gasteiger partial charge >= 0.3 is 0 Å². The summed E-state index contributed by atoms with van der Waals surface area (Å²) in [4.78, 5) is 45.3. The number of carbonyl (C=O) groups is 3. The molecule has 3 N–H and O–H groups in total. The van der Waals surface area contributed by atoms with E-state index in [2.05, 4.69) is 31.1 Å². The number of furan rings is 1. The van der Waals surface area contributed by atoms with E-state index in [-0.39, 0.29) is 30.6 Å². The standard InChI is InChI=1S/C36H36ClN5O5S/c1-19-21(3)48-36-33(19)34(23-6-8-24(37)9-7-23)40-29(20(2)42(36)22(4)38)17-32(44)39-14-5-15-46-25-10-12-30-27(16-25)28(18-47-30)26-11-13-31(43)41-35(26)45/h6-10,12,16,18,26,29,38H,2,5,11,13-15,17H2,1,3-4H3,(H,39,44)(H,41,43,45)/t26?,29-/m0/s1. The molecule has 2 aromatic carbocycles. The number of thiophene rings is 1. The summed E-state index contributed by atoms with van der Waals surface area (Å²) in [5.74, 6) is -0.314. The smallest absolute Gasteiger partial charge is 0.234 e. The molecular weight excluding hydrogens is 650 g/mol. The Morgan fingerprint density at radius 2 is 2.00 bits per heavy atom. The maximum absolute atomic E-state index is 13.2. The van der Waals surface area contributed by atoms with E-state index in [1.807, 2.05) is 30.3 Å². The summed E-state index contributed by atoms with van der Waals surface area (Å²) in [7, 11) is 0. The molecule has 4 heterocycles. The third-order valence-electron chi connectivity index (χ3n) is 8.70. The topological polar surface area (TPSA) is 137 Å². The third-order valence-corrected chi connectivity index (χ3v) is 10.1. The van der Waals surface area contributed by atoms with E-state index >= 15 is 0 Å². The first-order valence-corrected chi connectivity index (χ1v) is 16.9. The van der Waals surface area contributed by atoms with Crippen molar-refractivity contribution in [3.63, 3.8) is 0 Å². The minimum atomic E-state index is -0.591. The lowest BCUT2D eigenvalue weighted by atomic mass is 9.90. The number of ether oxygens (including phenoxy) is 1. The van der Waals surface area contributed by atoms with E-state index in [0.717, 1.165) is 43.2 Å². The zero-order valence-corrected chi connectivity index (χ0v) is 28.5. The monoisotopic (exact) mass is 685 g/mol. The van der Waals surface area contributed by atoms with Gasteiger partial charge in [0.05, 0.1) is 37.0 Å². The number of nitrogens with one attached hydrogen (secondary N) is 3. The Hall–Kier alpha value is -4.74. The molecule has 2 atom stereocenters. The van der Waals surface area contributed by atoms with Crippen LogP contribution in [0.4, 0.5) is 5.00 Å². The van der Waals surface area contributed by atoms with Crippen LogP contribution in [-0.4, -0.2) is 48.5 Å². The number of carbonyl (C=O) groups excluding carboxylic acids is 3. The Labute approximate surface area is 287 Å². The summed E-state index contributed by atoms with van der Waals surface area (Å²) in [6.45, 7) is 10.9. The third kappa shape index (κ3) is 6.65. The van der Waals surface area contributed by atoms with Gasteiger partial charge in [-0.3, -0.25) is 35.0 Å². The number of fused-ring (bicyclic) bond motifs is 2. The Balaban J connectivity index is 1.11. The van der Waals surface area contributed by atoms with Crippen LogP contribution in [0.25, 0.3) is 11.0 Å². The molecule has 3 amide bonds. The molecule has 10 nitrogen and oxygen atoms in total. The molecule has 6 rings (SSSR count). The minimum Gasteiger partial charge on any atom is -0.494 e. The Morgan fingerprint density at radius 1 is 1.23 bits per heavy atom. The van der Waals surface area contributed by atoms with E-state index in [9.17, 15) is 14.4 Å². The van der Waals surface area contributed by atoms with Crippen molar-refractivity contribution in [1.82, 2.24) is 10.6 Å². The Bertz CT molecular complexity index is 1980. The van der Waals surface area contributed by atoms with Gasteiger partial charge in [-0.2, -0.15) is 0 Å². The van der Waals surface area contributed by atoms with Gasteiger partial charge in [-0.15, -0.1) is 11.3 Å². The quantitative estimate of drug-likeness (QED) is 0.0768. The van der Waals surface area contributed by atoms with E-state index < -0.39 is 12.0 Å². The fourth-order valence-corrected chi connectivity index (χ4v) is 7.46. The molecular formula is C36H36ClN5O5S. The minimum absolute atomic E-state index is 0.0633. The molecule has 0 bridgehead atoms. The molecule has 0 aliphatic carbocycles. The average Bonchev–Trinajstić information content (AvgIpc) is 3.55. The Kier molecular flexibility index (Phi) is 9.52. The van der Waals surface area contributed by atoms with Crippen molar-refractivity contribution in [3.05, 3.63) is 93.2 Å². The van der Waals surface area contributed by atoms with Crippen LogP contribution < -0.4 is 20.3 Å². The van der Waals surface area contributed by atoms with Crippen LogP contribution in [0, 0.1) is 19.3 Å². The van der Waals surface area contributed by atoms with Gasteiger partial charge in [0.25, 0.3) is 0 Å². The molecule has 12 heteroatoms. The van der Waals surface area contributed by atoms with Gasteiger partial charge < -0.3 is 14.5 Å². The summed E-state index contributed by atoms with van der Waals surface area (Å²) in [5, 5.41) is 16.2. The molecule has 248 valence electrons. The van der Waals surface area contributed by atoms with Gasteiger partial charge in [0.15, 0.2) is 0 Å². The van der Waals surface area contributed by atoms with Crippen molar-refractivity contribution in [2.45, 2.75) is 58.4 Å². The van der Waals surface area contributed by atoms with E-state index in [1.165, 1.54) is 0 Å². The number of amidine groups is 1. The van der Waals surface area contributed by atoms with Gasteiger partial charge in [-0.05, 0) is 69.5 Å². The summed E-state index contributed by atoms with van der Waals surface area (Å²) in [6, 6.07) is 12.3. The molecule has 48 heavy (non-hydrogen) atoms. The second kappa shape index (κ2) is 13.8. The van der Waals surface area contributed by atoms with Crippen LogP contribution in [0.1, 0.15) is 65.7 Å². The maximum atomic E-state index is 13.2. The highest BCUT2D eigenvalue weighted by Crippen LogP contribution is 2.42. The first-order valence-electron chi connectivity index (χ1n) is 15.7. The van der Waals surface area contributed by atoms with Gasteiger partial charge in [-0.1, -0.05) is 30.3 Å². The lowest BCUT2D eigenvalue weighted by Crippen LogP contribution is -2.39. The molecule has 1 saturated heterocycles. The van der Waals surface area contributed by atoms with Crippen LogP contribution in [0.2, 0.25) is 5.02 Å². The van der Waals surface area contributed by atoms with Crippen LogP contribution in [-0.2, 0) is 14.4 Å². The van der Waals surface area contributed by atoms with Gasteiger partial charge in [0.1, 0.15) is 22.2 Å². The van der Waals surface area contributed by atoms with Crippen molar-refractivity contribution >= 4 is 68.2 Å². The molecule has 4 aromatic rings. The number of imide groups is 1. The van der Waals surface area contributed by atoms with Crippen molar-refractivity contribution in [1.29, 1.82) is 5.41 Å². The van der Waals surface area contributed by atoms with E-state index in [4.69, 9.17) is 31.2 Å². The van der Waals surface area contributed by atoms with Crippen molar-refractivity contribution in [3.8, 4) is 5.75 Å². The summed E-state index contributed by atoms with van der Waals surface area (Å²) in [5.41, 5.74) is 5.56. The fourth-order valence-electron chi connectivity index (χ4n) is 6.09. The first kappa shape index (κ1) is 33.2. The predicted molar refractivity (Wildman–Crippen MR) is 189 cm³/mol. The summed E-state index contributed by atoms with van der Waals surface area (Å²) >= 11 is 7.78. The maximum Gasteiger partial charge on any atom is 0.234 e. The molecule has 0 radical (unpaired) electrons. The molecule has 1 unspecified atom stereocenters. The number of amides is 3. The normalized spacial score (nSPS) is 17.9. The van der Waals surface area contributed by atoms with Crippen molar-refractivity contribution in [2.24, 2.45) is 4.99 Å². The molecule has 0 spiro atoms. The highest BCUT2D eigenvalue weighted by Gasteiger charge is 2.34. The largest absolute Gasteiger partial charge is 0.494 e. The lowest BCUT2D eigenvalue weighted by molar-refractivity contribution is -0.134. The highest BCUT2D eigenvalue weighted by molar-refractivity contribution is 7.17. The van der Waals surface area contributed by atoms with Crippen LogP contribution in [0.3, 0.4) is 0 Å². The zero-order chi connectivity index (χ0) is 34.1. The number of benzene rings is 2. The zero-order valence-electron chi connectivity index (χ0n) is 26.9. The number of halogens is 1. The fraction of sp³-hybridized carbons (Fsp3) is 0.306. The van der Waals surface area contributed by atoms with Gasteiger partial charge in [-0.25, -0.2) is 0 Å². The number of aliphatic imine (C=N–C) groups is 1. The van der Waals surface area contributed by atoms with Crippen molar-refractivity contribution < 1.29 is 23.5 Å². The van der Waals surface area contributed by atoms with Crippen LogP contribution >= 0.6 is 22.9 Å². The van der Waals surface area contributed by atoms with Crippen LogP contribution in [0.15, 0.2) is 70.4 Å². The Morgan fingerprint density at radius 3 is 2.73 bits per heavy atom. The lowest BCUT2D eigenvalue weighted by Gasteiger charge is -2.26. The first-order chi connectivity index (χ1) is 23.0. The number of hydrogen-bond acceptors (Lipinski definition) is 8. The number of hydrogen-bond donors (Lipinski definition) is 3. The number of rotatable bonds is 9. The van der Waals surface area contributed by atoms with Crippen LogP contribution in [0.5, 0.6) is 5.75 Å². The SMILES string of the molecule is C=C1[C@H](CC(=O)NCCCOc2ccc3occ(C4CCC(=O)NC4=O)c3c2)N=C(c2ccc(Cl)cc2)c2c(sc(C)c2C)N1C(C)=N. The average molecular weight is 686 g/mol. The second-order valence-corrected chi connectivity index (χ2v) is 13.6. The molecule has 2 aliphatic heterocycles. The molecule has 0 saturated carbocycles. The molecule has 2 aromatic heterocycles. The van der Waals surface area contributed by atoms with E-state index in [1.54, 1.807) is 41.6 Å². The van der Waals surface area contributed by atoms with Gasteiger partial charge in [0, 0.05) is 50.6 Å². The number of anilines is 1. The summed E-state index contributed by atoms with van der Waals surface area (Å²) < 4.78 is 11.6. The number of aryl methyl sites for hydroxylation is 1. The predicted octanol–water partition coefficient (Wildman–Crippen LogP) is 6.80. The highest BCUT2D eigenvalue weighted by atomic mass is 35.5. The van der Waals surface area contributed by atoms with Gasteiger partial charge in [0.2, 0.25) is 17.7 Å². The van der Waals surface area contributed by atoms with Crippen molar-refractivity contribution in [2.75, 3.05) is 18.1 Å².